The lowest BCUT2D eigenvalue weighted by molar-refractivity contribution is -0.119. The SMILES string of the molecule is CC(C)(C)c1ccccc1NCC(=O)NCCc1ccc(S(N)(=O)=O)cc1. The highest BCUT2D eigenvalue weighted by molar-refractivity contribution is 7.89. The summed E-state index contributed by atoms with van der Waals surface area (Å²) >= 11 is 0. The van der Waals surface area contributed by atoms with E-state index in [-0.39, 0.29) is 22.8 Å². The van der Waals surface area contributed by atoms with Crippen molar-refractivity contribution in [1.82, 2.24) is 5.32 Å². The van der Waals surface area contributed by atoms with Crippen molar-refractivity contribution in [3.8, 4) is 0 Å². The maximum absolute atomic E-state index is 12.1. The Balaban J connectivity index is 1.82. The van der Waals surface area contributed by atoms with Crippen LogP contribution in [0.3, 0.4) is 0 Å². The molecule has 6 nitrogen and oxygen atoms in total. The number of hydrogen-bond donors (Lipinski definition) is 3. The Hall–Kier alpha value is -2.38. The van der Waals surface area contributed by atoms with Gasteiger partial charge in [0.15, 0.2) is 0 Å². The van der Waals surface area contributed by atoms with Crippen LogP contribution in [-0.4, -0.2) is 27.4 Å². The maximum Gasteiger partial charge on any atom is 0.239 e. The van der Waals surface area contributed by atoms with Gasteiger partial charge in [0.05, 0.1) is 11.4 Å². The van der Waals surface area contributed by atoms with Crippen molar-refractivity contribution in [2.24, 2.45) is 5.14 Å². The number of sulfonamides is 1. The molecule has 7 heteroatoms. The number of para-hydroxylation sites is 1. The molecule has 0 saturated heterocycles. The lowest BCUT2D eigenvalue weighted by Gasteiger charge is -2.23. The summed E-state index contributed by atoms with van der Waals surface area (Å²) in [7, 11) is -3.68. The number of anilines is 1. The van der Waals surface area contributed by atoms with E-state index in [2.05, 4.69) is 37.5 Å². The number of carbonyl (C=O) groups is 1. The van der Waals surface area contributed by atoms with Gasteiger partial charge in [-0.15, -0.1) is 0 Å². The first-order valence-corrected chi connectivity index (χ1v) is 10.3. The fourth-order valence-electron chi connectivity index (χ4n) is 2.72. The van der Waals surface area contributed by atoms with Crippen molar-refractivity contribution in [2.45, 2.75) is 37.5 Å². The predicted octanol–water partition coefficient (Wildman–Crippen LogP) is 2.40. The van der Waals surface area contributed by atoms with Gasteiger partial charge >= 0.3 is 0 Å². The van der Waals surface area contributed by atoms with Gasteiger partial charge in [0.1, 0.15) is 0 Å². The lowest BCUT2D eigenvalue weighted by Crippen LogP contribution is -2.32. The number of amides is 1. The van der Waals surface area contributed by atoms with Crippen molar-refractivity contribution in [1.29, 1.82) is 0 Å². The van der Waals surface area contributed by atoms with E-state index in [1.807, 2.05) is 18.2 Å². The molecule has 2 aromatic carbocycles. The summed E-state index contributed by atoms with van der Waals surface area (Å²) < 4.78 is 22.5. The molecule has 0 aliphatic rings. The van der Waals surface area contributed by atoms with Crippen molar-refractivity contribution in [3.05, 3.63) is 59.7 Å². The molecule has 0 aliphatic heterocycles. The Morgan fingerprint density at radius 1 is 1.04 bits per heavy atom. The van der Waals surface area contributed by atoms with Crippen LogP contribution < -0.4 is 15.8 Å². The summed E-state index contributed by atoms with van der Waals surface area (Å²) in [5.74, 6) is -0.0973. The Morgan fingerprint density at radius 3 is 2.26 bits per heavy atom. The minimum absolute atomic E-state index is 0.0107. The van der Waals surface area contributed by atoms with Crippen molar-refractivity contribution < 1.29 is 13.2 Å². The van der Waals surface area contributed by atoms with Crippen molar-refractivity contribution >= 4 is 21.6 Å². The summed E-state index contributed by atoms with van der Waals surface area (Å²) in [5.41, 5.74) is 3.03. The molecule has 0 saturated carbocycles. The molecule has 4 N–H and O–H groups in total. The van der Waals surface area contributed by atoms with Crippen LogP contribution in [0.25, 0.3) is 0 Å². The highest BCUT2D eigenvalue weighted by atomic mass is 32.2. The van der Waals surface area contributed by atoms with E-state index < -0.39 is 10.0 Å². The lowest BCUT2D eigenvalue weighted by atomic mass is 9.86. The van der Waals surface area contributed by atoms with E-state index >= 15 is 0 Å². The molecular formula is C20H27N3O3S. The average molecular weight is 390 g/mol. The van der Waals surface area contributed by atoms with Crippen LogP contribution in [0, 0.1) is 0 Å². The van der Waals surface area contributed by atoms with E-state index in [9.17, 15) is 13.2 Å². The summed E-state index contributed by atoms with van der Waals surface area (Å²) in [5, 5.41) is 11.1. The normalized spacial score (nSPS) is 11.9. The Labute approximate surface area is 161 Å². The summed E-state index contributed by atoms with van der Waals surface area (Å²) in [6, 6.07) is 14.3. The molecule has 0 bridgehead atoms. The number of benzene rings is 2. The number of nitrogens with one attached hydrogen (secondary N) is 2. The van der Waals surface area contributed by atoms with E-state index in [1.54, 1.807) is 12.1 Å². The Bertz CT molecular complexity index is 885. The van der Waals surface area contributed by atoms with Crippen LogP contribution in [0.15, 0.2) is 53.4 Å². The second kappa shape index (κ2) is 8.54. The summed E-state index contributed by atoms with van der Waals surface area (Å²) in [4.78, 5) is 12.2. The Morgan fingerprint density at radius 2 is 1.67 bits per heavy atom. The smallest absolute Gasteiger partial charge is 0.239 e. The molecule has 0 heterocycles. The topological polar surface area (TPSA) is 101 Å². The van der Waals surface area contributed by atoms with E-state index in [0.717, 1.165) is 16.8 Å². The predicted molar refractivity (Wildman–Crippen MR) is 108 cm³/mol. The maximum atomic E-state index is 12.1. The number of nitrogens with two attached hydrogens (primary N) is 1. The third-order valence-corrected chi connectivity index (χ3v) is 5.09. The number of primary sulfonamides is 1. The van der Waals surface area contributed by atoms with Gasteiger partial charge in [0.2, 0.25) is 15.9 Å². The molecule has 27 heavy (non-hydrogen) atoms. The minimum atomic E-state index is -3.68. The highest BCUT2D eigenvalue weighted by Gasteiger charge is 2.17. The van der Waals surface area contributed by atoms with Gasteiger partial charge in [-0.05, 0) is 41.2 Å². The molecule has 146 valence electrons. The fraction of sp³-hybridized carbons (Fsp3) is 0.350. The molecule has 0 aliphatic carbocycles. The van der Waals surface area contributed by atoms with Gasteiger partial charge < -0.3 is 10.6 Å². The molecule has 0 spiro atoms. The van der Waals surface area contributed by atoms with Crippen LogP contribution in [0.1, 0.15) is 31.9 Å². The second-order valence-corrected chi connectivity index (χ2v) is 9.00. The van der Waals surface area contributed by atoms with Crippen molar-refractivity contribution in [2.75, 3.05) is 18.4 Å². The molecule has 2 rings (SSSR count). The first-order valence-electron chi connectivity index (χ1n) is 8.79. The van der Waals surface area contributed by atoms with Crippen molar-refractivity contribution in [3.63, 3.8) is 0 Å². The summed E-state index contributed by atoms with van der Waals surface area (Å²) in [6.07, 6.45) is 0.606. The molecule has 2 aromatic rings. The average Bonchev–Trinajstić information content (AvgIpc) is 2.59. The zero-order chi connectivity index (χ0) is 20.1. The largest absolute Gasteiger partial charge is 0.376 e. The van der Waals surface area contributed by atoms with Gasteiger partial charge in [-0.2, -0.15) is 0 Å². The first-order chi connectivity index (χ1) is 12.6. The Kier molecular flexibility index (Phi) is 6.62. The third kappa shape index (κ3) is 6.37. The molecule has 0 radical (unpaired) electrons. The summed E-state index contributed by atoms with van der Waals surface area (Å²) in [6.45, 7) is 7.06. The van der Waals surface area contributed by atoms with E-state index in [1.165, 1.54) is 12.1 Å². The number of rotatable bonds is 7. The van der Waals surface area contributed by atoms with Crippen LogP contribution in [-0.2, 0) is 26.7 Å². The molecular weight excluding hydrogens is 362 g/mol. The van der Waals surface area contributed by atoms with Crippen LogP contribution in [0.2, 0.25) is 0 Å². The fourth-order valence-corrected chi connectivity index (χ4v) is 3.24. The molecule has 0 aromatic heterocycles. The minimum Gasteiger partial charge on any atom is -0.376 e. The monoisotopic (exact) mass is 389 g/mol. The second-order valence-electron chi connectivity index (χ2n) is 7.44. The first kappa shape index (κ1) is 20.9. The van der Waals surface area contributed by atoms with Gasteiger partial charge in [0, 0.05) is 12.2 Å². The van der Waals surface area contributed by atoms with Crippen LogP contribution in [0.4, 0.5) is 5.69 Å². The molecule has 0 fully saturated rings. The molecule has 0 atom stereocenters. The number of carbonyl (C=O) groups excluding carboxylic acids is 1. The zero-order valence-electron chi connectivity index (χ0n) is 16.0. The van der Waals surface area contributed by atoms with Gasteiger partial charge in [-0.3, -0.25) is 4.79 Å². The van der Waals surface area contributed by atoms with E-state index in [0.29, 0.717) is 13.0 Å². The molecule has 0 unspecified atom stereocenters. The van der Waals surface area contributed by atoms with Crippen LogP contribution >= 0.6 is 0 Å². The van der Waals surface area contributed by atoms with Gasteiger partial charge in [-0.25, -0.2) is 13.6 Å². The van der Waals surface area contributed by atoms with Gasteiger partial charge in [0.25, 0.3) is 0 Å². The third-order valence-electron chi connectivity index (χ3n) is 4.16. The number of hydrogen-bond acceptors (Lipinski definition) is 4. The zero-order valence-corrected chi connectivity index (χ0v) is 16.8. The molecule has 1 amide bonds. The van der Waals surface area contributed by atoms with E-state index in [4.69, 9.17) is 5.14 Å². The highest BCUT2D eigenvalue weighted by Crippen LogP contribution is 2.28. The standard InChI is InChI=1S/C20H27N3O3S/c1-20(2,3)17-6-4-5-7-18(17)23-14-19(24)22-13-12-15-8-10-16(11-9-15)27(21,25)26/h4-11,23H,12-14H2,1-3H3,(H,22,24)(H2,21,25,26). The van der Waals surface area contributed by atoms with Crippen LogP contribution in [0.5, 0.6) is 0 Å². The van der Waals surface area contributed by atoms with Gasteiger partial charge in [-0.1, -0.05) is 51.1 Å². The quantitative estimate of drug-likeness (QED) is 0.677.